The van der Waals surface area contributed by atoms with Crippen molar-refractivity contribution < 1.29 is 19.6 Å². The largest absolute Gasteiger partial charge is 0.478 e. The van der Waals surface area contributed by atoms with E-state index in [2.05, 4.69) is 10.4 Å². The molecule has 2 N–H and O–H groups in total. The van der Waals surface area contributed by atoms with Gasteiger partial charge in [-0.3, -0.25) is 19.6 Å². The van der Waals surface area contributed by atoms with Crippen LogP contribution in [0.3, 0.4) is 0 Å². The summed E-state index contributed by atoms with van der Waals surface area (Å²) in [5.41, 5.74) is 0.965. The van der Waals surface area contributed by atoms with Crippen LogP contribution in [0.25, 0.3) is 0 Å². The van der Waals surface area contributed by atoms with Crippen LogP contribution in [0.1, 0.15) is 21.7 Å². The summed E-state index contributed by atoms with van der Waals surface area (Å²) in [5, 5.41) is 26.3. The quantitative estimate of drug-likeness (QED) is 0.638. The Morgan fingerprint density at radius 1 is 1.30 bits per heavy atom. The first-order chi connectivity index (χ1) is 10.8. The number of carboxylic acids is 1. The van der Waals surface area contributed by atoms with Crippen molar-refractivity contribution in [2.75, 3.05) is 5.32 Å². The molecule has 120 valence electrons. The summed E-state index contributed by atoms with van der Waals surface area (Å²) in [6, 6.07) is 5.66. The number of anilines is 1. The highest BCUT2D eigenvalue weighted by Gasteiger charge is 2.22. The number of nitro groups is 1. The van der Waals surface area contributed by atoms with Crippen LogP contribution in [-0.4, -0.2) is 31.7 Å². The standard InChI is InChI=1S/C14H14N4O5/c1-8-13(18(22)23)9(2)17(16-8)7-12(19)15-11-5-3-10(4-6-11)14(20)21/h3-6H,7H2,1-2H3,(H,15,19)(H,20,21). The van der Waals surface area contributed by atoms with Gasteiger partial charge in [-0.25, -0.2) is 4.79 Å². The molecule has 9 heteroatoms. The van der Waals surface area contributed by atoms with Gasteiger partial charge in [-0.2, -0.15) is 5.10 Å². The van der Waals surface area contributed by atoms with Crippen molar-refractivity contribution in [3.63, 3.8) is 0 Å². The Hall–Kier alpha value is -3.23. The zero-order valence-corrected chi connectivity index (χ0v) is 12.4. The van der Waals surface area contributed by atoms with Crippen molar-refractivity contribution in [2.24, 2.45) is 0 Å². The van der Waals surface area contributed by atoms with Gasteiger partial charge < -0.3 is 10.4 Å². The highest BCUT2D eigenvalue weighted by Crippen LogP contribution is 2.21. The molecule has 0 atom stereocenters. The number of carbonyl (C=O) groups is 2. The molecule has 9 nitrogen and oxygen atoms in total. The first kappa shape index (κ1) is 16.1. The molecule has 0 aliphatic heterocycles. The second-order valence-electron chi connectivity index (χ2n) is 4.86. The predicted octanol–water partition coefficient (Wildman–Crippen LogP) is 1.75. The molecule has 0 aliphatic rings. The number of carboxylic acid groups (broad SMARTS) is 1. The molecule has 1 aromatic heterocycles. The normalized spacial score (nSPS) is 10.3. The number of rotatable bonds is 5. The second kappa shape index (κ2) is 6.26. The molecule has 0 saturated carbocycles. The SMILES string of the molecule is Cc1nn(CC(=O)Nc2ccc(C(=O)O)cc2)c(C)c1[N+](=O)[O-]. The summed E-state index contributed by atoms with van der Waals surface area (Å²) in [6.45, 7) is 2.85. The fourth-order valence-electron chi connectivity index (χ4n) is 2.14. The zero-order chi connectivity index (χ0) is 17.1. The minimum Gasteiger partial charge on any atom is -0.478 e. The van der Waals surface area contributed by atoms with E-state index in [1.165, 1.54) is 42.8 Å². The van der Waals surface area contributed by atoms with Gasteiger partial charge in [-0.15, -0.1) is 0 Å². The van der Waals surface area contributed by atoms with E-state index in [1.54, 1.807) is 0 Å². The number of hydrogen-bond donors (Lipinski definition) is 2. The topological polar surface area (TPSA) is 127 Å². The molecule has 0 saturated heterocycles. The number of nitrogens with one attached hydrogen (secondary N) is 1. The van der Waals surface area contributed by atoms with E-state index < -0.39 is 16.8 Å². The van der Waals surface area contributed by atoms with E-state index in [0.717, 1.165) is 0 Å². The molecule has 2 aromatic rings. The Bertz CT molecular complexity index is 779. The van der Waals surface area contributed by atoms with Gasteiger partial charge in [-0.1, -0.05) is 0 Å². The number of nitrogens with zero attached hydrogens (tertiary/aromatic N) is 3. The van der Waals surface area contributed by atoms with Crippen molar-refractivity contribution in [2.45, 2.75) is 20.4 Å². The average Bonchev–Trinajstić information content (AvgIpc) is 2.73. The van der Waals surface area contributed by atoms with Crippen molar-refractivity contribution in [3.8, 4) is 0 Å². The molecule has 0 fully saturated rings. The Morgan fingerprint density at radius 2 is 1.91 bits per heavy atom. The van der Waals surface area contributed by atoms with Gasteiger partial charge in [0.25, 0.3) is 0 Å². The average molecular weight is 318 g/mol. The van der Waals surface area contributed by atoms with Crippen LogP contribution in [0, 0.1) is 24.0 Å². The monoisotopic (exact) mass is 318 g/mol. The molecular weight excluding hydrogens is 304 g/mol. The van der Waals surface area contributed by atoms with Gasteiger partial charge in [0.15, 0.2) is 0 Å². The fourth-order valence-corrected chi connectivity index (χ4v) is 2.14. The minimum atomic E-state index is -1.06. The number of carbonyl (C=O) groups excluding carboxylic acids is 1. The lowest BCUT2D eigenvalue weighted by atomic mass is 10.2. The molecule has 0 radical (unpaired) electrons. The third-order valence-electron chi connectivity index (χ3n) is 3.23. The van der Waals surface area contributed by atoms with Crippen molar-refractivity contribution >= 4 is 23.3 Å². The minimum absolute atomic E-state index is 0.108. The lowest BCUT2D eigenvalue weighted by molar-refractivity contribution is -0.386. The highest BCUT2D eigenvalue weighted by atomic mass is 16.6. The summed E-state index contributed by atoms with van der Waals surface area (Å²) in [7, 11) is 0. The van der Waals surface area contributed by atoms with Gasteiger partial charge in [0.05, 0.1) is 10.5 Å². The molecule has 0 unspecified atom stereocenters. The molecule has 1 amide bonds. The van der Waals surface area contributed by atoms with E-state index in [9.17, 15) is 19.7 Å². The molecule has 0 bridgehead atoms. The van der Waals surface area contributed by atoms with E-state index >= 15 is 0 Å². The number of aromatic carboxylic acids is 1. The summed E-state index contributed by atoms with van der Waals surface area (Å²) in [6.07, 6.45) is 0. The van der Waals surface area contributed by atoms with Crippen LogP contribution < -0.4 is 5.32 Å². The first-order valence-corrected chi connectivity index (χ1v) is 6.61. The number of benzene rings is 1. The van der Waals surface area contributed by atoms with Crippen LogP contribution in [0.4, 0.5) is 11.4 Å². The smallest absolute Gasteiger partial charge is 0.335 e. The third-order valence-corrected chi connectivity index (χ3v) is 3.23. The summed E-state index contributed by atoms with van der Waals surface area (Å²) in [5.74, 6) is -1.48. The summed E-state index contributed by atoms with van der Waals surface area (Å²) < 4.78 is 1.26. The third kappa shape index (κ3) is 3.51. The van der Waals surface area contributed by atoms with Gasteiger partial charge in [0.1, 0.15) is 17.9 Å². The molecule has 2 rings (SSSR count). The van der Waals surface area contributed by atoms with Crippen LogP contribution >= 0.6 is 0 Å². The molecule has 1 aromatic carbocycles. The van der Waals surface area contributed by atoms with E-state index in [4.69, 9.17) is 5.11 Å². The highest BCUT2D eigenvalue weighted by molar-refractivity contribution is 5.92. The zero-order valence-electron chi connectivity index (χ0n) is 12.4. The Balaban J connectivity index is 2.09. The van der Waals surface area contributed by atoms with E-state index in [1.807, 2.05) is 0 Å². The molecule has 1 heterocycles. The fraction of sp³-hybridized carbons (Fsp3) is 0.214. The van der Waals surface area contributed by atoms with Crippen molar-refractivity contribution in [1.29, 1.82) is 0 Å². The number of aromatic nitrogens is 2. The lowest BCUT2D eigenvalue weighted by Gasteiger charge is -2.06. The van der Waals surface area contributed by atoms with Gasteiger partial charge in [-0.05, 0) is 38.1 Å². The first-order valence-electron chi connectivity index (χ1n) is 6.61. The maximum absolute atomic E-state index is 12.0. The van der Waals surface area contributed by atoms with Crippen LogP contribution in [0.2, 0.25) is 0 Å². The molecular formula is C14H14N4O5. The Kier molecular flexibility index (Phi) is 4.39. The van der Waals surface area contributed by atoms with Gasteiger partial charge in [0.2, 0.25) is 5.91 Å². The molecule has 0 spiro atoms. The van der Waals surface area contributed by atoms with Gasteiger partial charge >= 0.3 is 11.7 Å². The van der Waals surface area contributed by atoms with Crippen molar-refractivity contribution in [3.05, 3.63) is 51.3 Å². The maximum Gasteiger partial charge on any atom is 0.335 e. The van der Waals surface area contributed by atoms with E-state index in [-0.39, 0.29) is 23.5 Å². The lowest BCUT2D eigenvalue weighted by Crippen LogP contribution is -2.20. The Morgan fingerprint density at radius 3 is 2.39 bits per heavy atom. The summed E-state index contributed by atoms with van der Waals surface area (Å²) >= 11 is 0. The second-order valence-corrected chi connectivity index (χ2v) is 4.86. The maximum atomic E-state index is 12.0. The Labute approximate surface area is 130 Å². The number of amides is 1. The van der Waals surface area contributed by atoms with Crippen molar-refractivity contribution in [1.82, 2.24) is 9.78 Å². The van der Waals surface area contributed by atoms with Crippen LogP contribution in [0.5, 0.6) is 0 Å². The number of hydrogen-bond acceptors (Lipinski definition) is 5. The van der Waals surface area contributed by atoms with Crippen LogP contribution in [-0.2, 0) is 11.3 Å². The van der Waals surface area contributed by atoms with Crippen LogP contribution in [0.15, 0.2) is 24.3 Å². The summed E-state index contributed by atoms with van der Waals surface area (Å²) in [4.78, 5) is 33.1. The van der Waals surface area contributed by atoms with E-state index in [0.29, 0.717) is 11.4 Å². The number of aryl methyl sites for hydroxylation is 1. The molecule has 23 heavy (non-hydrogen) atoms. The predicted molar refractivity (Wildman–Crippen MR) is 80.4 cm³/mol. The van der Waals surface area contributed by atoms with Gasteiger partial charge in [0, 0.05) is 5.69 Å². The molecule has 0 aliphatic carbocycles.